The average Bonchev–Trinajstić information content (AvgIpc) is 3.15. The minimum atomic E-state index is -1.37. The molecule has 2 aromatic rings. The summed E-state index contributed by atoms with van der Waals surface area (Å²) in [5.74, 6) is -3.40. The van der Waals surface area contributed by atoms with Gasteiger partial charge >= 0.3 is 11.9 Å². The molecule has 1 aliphatic heterocycles. The maximum atomic E-state index is 13.0. The second-order valence-electron chi connectivity index (χ2n) is 9.52. The third kappa shape index (κ3) is 6.11. The van der Waals surface area contributed by atoms with Crippen LogP contribution in [0.3, 0.4) is 0 Å². The van der Waals surface area contributed by atoms with Crippen molar-refractivity contribution in [3.63, 3.8) is 0 Å². The van der Waals surface area contributed by atoms with E-state index in [4.69, 9.17) is 9.47 Å². The number of β-lactam (4-membered cyclic amide) rings is 1. The first-order chi connectivity index (χ1) is 16.2. The third-order valence-electron chi connectivity index (χ3n) is 5.07. The van der Waals surface area contributed by atoms with E-state index in [1.807, 2.05) is 24.3 Å². The number of hydrogen-bond acceptors (Lipinski definition) is 11. The Morgan fingerprint density at radius 2 is 1.83 bits per heavy atom. The zero-order valence-electron chi connectivity index (χ0n) is 20.2. The molecule has 12 heteroatoms. The SMILES string of the molecule is CC(O)=C(C(=O)OCOC(=O)C(C)(C)C)N1C(=O)[C@H](C(C)(C)O)[C@H]1SSc1nc2ccccc2s1. The lowest BCUT2D eigenvalue weighted by molar-refractivity contribution is -0.176. The first kappa shape index (κ1) is 27.3. The van der Waals surface area contributed by atoms with Crippen molar-refractivity contribution in [2.45, 2.75) is 56.9 Å². The number of hydrogen-bond donors (Lipinski definition) is 2. The van der Waals surface area contributed by atoms with Gasteiger partial charge in [-0.1, -0.05) is 22.9 Å². The Morgan fingerprint density at radius 1 is 1.17 bits per heavy atom. The van der Waals surface area contributed by atoms with Gasteiger partial charge in [0.05, 0.1) is 27.2 Å². The van der Waals surface area contributed by atoms with E-state index in [2.05, 4.69) is 4.98 Å². The Kier molecular flexibility index (Phi) is 8.09. The summed E-state index contributed by atoms with van der Waals surface area (Å²) in [7, 11) is 2.56. The zero-order valence-corrected chi connectivity index (χ0v) is 22.7. The Hall–Kier alpha value is -2.28. The number of nitrogens with zero attached hydrogens (tertiary/aromatic N) is 2. The van der Waals surface area contributed by atoms with Crippen LogP contribution in [0.1, 0.15) is 41.5 Å². The summed E-state index contributed by atoms with van der Waals surface area (Å²) in [5, 5.41) is 20.2. The maximum Gasteiger partial charge on any atom is 0.361 e. The van der Waals surface area contributed by atoms with E-state index >= 15 is 0 Å². The van der Waals surface area contributed by atoms with E-state index < -0.39 is 52.7 Å². The van der Waals surface area contributed by atoms with Crippen LogP contribution in [0, 0.1) is 11.3 Å². The van der Waals surface area contributed by atoms with Crippen LogP contribution in [0.2, 0.25) is 0 Å². The molecule has 1 fully saturated rings. The van der Waals surface area contributed by atoms with Crippen LogP contribution >= 0.6 is 32.9 Å². The van der Waals surface area contributed by atoms with E-state index in [0.717, 1.165) is 19.5 Å². The Bertz CT molecular complexity index is 1130. The molecule has 2 heterocycles. The molecular formula is C23H28N2O7S3. The summed E-state index contributed by atoms with van der Waals surface area (Å²) in [6.07, 6.45) is 0. The van der Waals surface area contributed by atoms with E-state index in [1.54, 1.807) is 20.8 Å². The van der Waals surface area contributed by atoms with Crippen molar-refractivity contribution in [1.82, 2.24) is 9.88 Å². The van der Waals surface area contributed by atoms with Gasteiger partial charge in [0.25, 0.3) is 0 Å². The van der Waals surface area contributed by atoms with Crippen molar-refractivity contribution in [3.8, 4) is 0 Å². The number of benzene rings is 1. The molecule has 2 N–H and O–H groups in total. The van der Waals surface area contributed by atoms with Gasteiger partial charge in [-0.25, -0.2) is 9.78 Å². The van der Waals surface area contributed by atoms with Gasteiger partial charge in [0, 0.05) is 0 Å². The summed E-state index contributed by atoms with van der Waals surface area (Å²) in [6.45, 7) is 8.58. The number of aromatic nitrogens is 1. The number of para-hydroxylation sites is 1. The number of aliphatic hydroxyl groups is 2. The first-order valence-corrected chi connectivity index (χ1v) is 13.7. The molecule has 1 aromatic heterocycles. The Morgan fingerprint density at radius 3 is 2.40 bits per heavy atom. The van der Waals surface area contributed by atoms with Crippen LogP contribution in [-0.2, 0) is 23.9 Å². The van der Waals surface area contributed by atoms with Gasteiger partial charge in [-0.05, 0) is 64.5 Å². The number of fused-ring (bicyclic) bond motifs is 1. The molecule has 0 saturated carbocycles. The zero-order chi connectivity index (χ0) is 26.1. The van der Waals surface area contributed by atoms with Crippen molar-refractivity contribution >= 4 is 61.0 Å². The number of allylic oxidation sites excluding steroid dienone is 1. The van der Waals surface area contributed by atoms with Crippen LogP contribution in [0.15, 0.2) is 40.1 Å². The van der Waals surface area contributed by atoms with Crippen molar-refractivity contribution in [2.75, 3.05) is 6.79 Å². The fourth-order valence-corrected chi connectivity index (χ4v) is 7.45. The average molecular weight is 541 g/mol. The van der Waals surface area contributed by atoms with Gasteiger partial charge in [-0.2, -0.15) is 0 Å². The summed E-state index contributed by atoms with van der Waals surface area (Å²) >= 11 is 1.48. The van der Waals surface area contributed by atoms with Gasteiger partial charge in [-0.15, -0.1) is 11.3 Å². The van der Waals surface area contributed by atoms with Crippen molar-refractivity contribution in [2.24, 2.45) is 11.3 Å². The second kappa shape index (κ2) is 10.4. The molecular weight excluding hydrogens is 512 g/mol. The van der Waals surface area contributed by atoms with Crippen LogP contribution in [0.4, 0.5) is 0 Å². The lowest BCUT2D eigenvalue weighted by Crippen LogP contribution is -2.66. The van der Waals surface area contributed by atoms with Gasteiger partial charge in [0.15, 0.2) is 10.0 Å². The second-order valence-corrected chi connectivity index (χ2v) is 13.1. The lowest BCUT2D eigenvalue weighted by atomic mass is 9.82. The maximum absolute atomic E-state index is 13.0. The van der Waals surface area contributed by atoms with Gasteiger partial charge in [-0.3, -0.25) is 14.5 Å². The minimum Gasteiger partial charge on any atom is -0.510 e. The number of carbonyl (C=O) groups is 3. The fourth-order valence-electron chi connectivity index (χ4n) is 3.27. The van der Waals surface area contributed by atoms with Crippen LogP contribution in [0.5, 0.6) is 0 Å². The number of likely N-dealkylation sites (tertiary alicyclic amines) is 1. The number of amides is 1. The van der Waals surface area contributed by atoms with Crippen molar-refractivity contribution in [1.29, 1.82) is 0 Å². The molecule has 1 amide bonds. The Labute approximate surface area is 215 Å². The molecule has 2 atom stereocenters. The van der Waals surface area contributed by atoms with Crippen LogP contribution in [-0.4, -0.2) is 55.7 Å². The molecule has 3 rings (SSSR count). The van der Waals surface area contributed by atoms with E-state index in [9.17, 15) is 24.6 Å². The quantitative estimate of drug-likeness (QED) is 0.124. The number of thiazole rings is 1. The van der Waals surface area contributed by atoms with Gasteiger partial charge in [0.1, 0.15) is 11.1 Å². The highest BCUT2D eigenvalue weighted by Crippen LogP contribution is 2.50. The summed E-state index contributed by atoms with van der Waals surface area (Å²) in [5.41, 5.74) is -1.68. The summed E-state index contributed by atoms with van der Waals surface area (Å²) in [4.78, 5) is 43.4. The molecule has 1 aromatic carbocycles. The molecule has 0 aliphatic carbocycles. The monoisotopic (exact) mass is 540 g/mol. The number of aliphatic hydroxyl groups excluding tert-OH is 1. The predicted molar refractivity (Wildman–Crippen MR) is 135 cm³/mol. The molecule has 35 heavy (non-hydrogen) atoms. The molecule has 0 radical (unpaired) electrons. The number of ether oxygens (including phenoxy) is 2. The molecule has 0 bridgehead atoms. The topological polar surface area (TPSA) is 126 Å². The standard InChI is InChI=1S/C23H28N2O7S3/c1-12(26)16(19(28)31-11-32-20(29)22(2,3)4)25-17(27)15(23(5,6)30)18(25)34-35-21-24-13-9-7-8-10-14(13)33-21/h7-10,15,18,26,30H,11H2,1-6H3/t15-,18+/m0/s1. The van der Waals surface area contributed by atoms with Crippen LogP contribution < -0.4 is 0 Å². The summed E-state index contributed by atoms with van der Waals surface area (Å²) in [6, 6.07) is 7.67. The van der Waals surface area contributed by atoms with Gasteiger partial charge < -0.3 is 19.7 Å². The minimum absolute atomic E-state index is 0.371. The highest BCUT2D eigenvalue weighted by molar-refractivity contribution is 8.77. The predicted octanol–water partition coefficient (Wildman–Crippen LogP) is 4.47. The number of rotatable bonds is 8. The van der Waals surface area contributed by atoms with Crippen molar-refractivity contribution < 1.29 is 34.1 Å². The molecule has 1 aliphatic rings. The normalized spacial score (nSPS) is 19.3. The molecule has 0 spiro atoms. The van der Waals surface area contributed by atoms with Gasteiger partial charge in [0.2, 0.25) is 12.7 Å². The van der Waals surface area contributed by atoms with E-state index in [0.29, 0.717) is 0 Å². The molecule has 0 unspecified atom stereocenters. The highest BCUT2D eigenvalue weighted by atomic mass is 33.1. The van der Waals surface area contributed by atoms with Crippen molar-refractivity contribution in [3.05, 3.63) is 35.7 Å². The number of esters is 2. The van der Waals surface area contributed by atoms with E-state index in [-0.39, 0.29) is 5.70 Å². The van der Waals surface area contributed by atoms with E-state index in [1.165, 1.54) is 53.7 Å². The lowest BCUT2D eigenvalue weighted by Gasteiger charge is -2.50. The largest absolute Gasteiger partial charge is 0.510 e. The molecule has 1 saturated heterocycles. The smallest absolute Gasteiger partial charge is 0.361 e. The highest BCUT2D eigenvalue weighted by Gasteiger charge is 2.57. The molecule has 9 nitrogen and oxygen atoms in total. The van der Waals surface area contributed by atoms with Crippen LogP contribution in [0.25, 0.3) is 10.2 Å². The Balaban J connectivity index is 1.77. The fraction of sp³-hybridized carbons (Fsp3) is 0.478. The third-order valence-corrected chi connectivity index (χ3v) is 9.08. The number of carbonyl (C=O) groups excluding carboxylic acids is 3. The molecule has 190 valence electrons. The summed E-state index contributed by atoms with van der Waals surface area (Å²) < 4.78 is 11.7. The first-order valence-electron chi connectivity index (χ1n) is 10.7.